The van der Waals surface area contributed by atoms with Gasteiger partial charge in [0.1, 0.15) is 22.5 Å². The van der Waals surface area contributed by atoms with Crippen LogP contribution in [0, 0.1) is 18.3 Å². The standard InChI is InChI=1S/C23H22N6O3S2/c1-14-18(22(31)29-7-9-32-10-8-29)21(34-19(14)15-5-3-2-4-6-15)27-17(30)13-33-23-26-12-16(11-24)20(25)28-23/h2-6,12H,7-10,13H2,1H3,(H,27,30)(H2,25,26,28). The van der Waals surface area contributed by atoms with Gasteiger partial charge in [-0.05, 0) is 18.1 Å². The van der Waals surface area contributed by atoms with Gasteiger partial charge in [-0.15, -0.1) is 11.3 Å². The highest BCUT2D eigenvalue weighted by molar-refractivity contribution is 7.99. The maximum absolute atomic E-state index is 13.4. The van der Waals surface area contributed by atoms with Crippen LogP contribution in [0.1, 0.15) is 21.5 Å². The van der Waals surface area contributed by atoms with E-state index in [0.29, 0.717) is 42.0 Å². The van der Waals surface area contributed by atoms with E-state index in [1.807, 2.05) is 43.3 Å². The minimum absolute atomic E-state index is 0.0220. The Balaban J connectivity index is 1.57. The first kappa shape index (κ1) is 23.7. The zero-order valence-corrected chi connectivity index (χ0v) is 20.0. The molecule has 0 saturated carbocycles. The predicted molar refractivity (Wildman–Crippen MR) is 132 cm³/mol. The molecule has 2 amide bonds. The molecule has 1 fully saturated rings. The van der Waals surface area contributed by atoms with Crippen molar-refractivity contribution in [2.24, 2.45) is 0 Å². The average Bonchev–Trinajstić information content (AvgIpc) is 3.18. The van der Waals surface area contributed by atoms with Crippen molar-refractivity contribution in [2.75, 3.05) is 43.1 Å². The number of rotatable bonds is 6. The highest BCUT2D eigenvalue weighted by Crippen LogP contribution is 2.40. The van der Waals surface area contributed by atoms with Gasteiger partial charge in [-0.1, -0.05) is 42.1 Å². The van der Waals surface area contributed by atoms with Crippen molar-refractivity contribution in [1.82, 2.24) is 14.9 Å². The molecule has 2 aromatic heterocycles. The first-order chi connectivity index (χ1) is 16.5. The van der Waals surface area contributed by atoms with Gasteiger partial charge in [0, 0.05) is 18.0 Å². The molecule has 0 atom stereocenters. The third kappa shape index (κ3) is 5.20. The summed E-state index contributed by atoms with van der Waals surface area (Å²) in [5.41, 5.74) is 8.23. The molecule has 3 aromatic rings. The van der Waals surface area contributed by atoms with Gasteiger partial charge in [0.2, 0.25) is 5.91 Å². The minimum Gasteiger partial charge on any atom is -0.382 e. The quantitative estimate of drug-likeness (QED) is 0.394. The van der Waals surface area contributed by atoms with Crippen molar-refractivity contribution in [3.8, 4) is 16.5 Å². The largest absolute Gasteiger partial charge is 0.382 e. The maximum atomic E-state index is 13.4. The number of carbonyl (C=O) groups excluding carboxylic acids is 2. The van der Waals surface area contributed by atoms with Crippen molar-refractivity contribution in [1.29, 1.82) is 5.26 Å². The van der Waals surface area contributed by atoms with Crippen molar-refractivity contribution in [2.45, 2.75) is 12.1 Å². The molecular weight excluding hydrogens is 472 g/mol. The van der Waals surface area contributed by atoms with E-state index in [1.54, 1.807) is 4.90 Å². The number of hydrogen-bond donors (Lipinski definition) is 2. The second-order valence-corrected chi connectivity index (χ2v) is 9.39. The summed E-state index contributed by atoms with van der Waals surface area (Å²) in [5.74, 6) is -0.326. The predicted octanol–water partition coefficient (Wildman–Crippen LogP) is 3.17. The third-order valence-corrected chi connectivity index (χ3v) is 7.31. The van der Waals surface area contributed by atoms with E-state index in [0.717, 1.165) is 27.8 Å². The van der Waals surface area contributed by atoms with E-state index in [4.69, 9.17) is 15.7 Å². The van der Waals surface area contributed by atoms with Gasteiger partial charge in [0.15, 0.2) is 5.16 Å². The maximum Gasteiger partial charge on any atom is 0.257 e. The number of thiophene rings is 1. The summed E-state index contributed by atoms with van der Waals surface area (Å²) in [6, 6.07) is 11.7. The van der Waals surface area contributed by atoms with Gasteiger partial charge in [0.25, 0.3) is 5.91 Å². The number of hydrogen-bond acceptors (Lipinski definition) is 9. The Morgan fingerprint density at radius 2 is 2.03 bits per heavy atom. The van der Waals surface area contributed by atoms with E-state index in [-0.39, 0.29) is 28.9 Å². The molecule has 9 nitrogen and oxygen atoms in total. The smallest absolute Gasteiger partial charge is 0.257 e. The summed E-state index contributed by atoms with van der Waals surface area (Å²) in [5, 5.41) is 12.7. The number of thioether (sulfide) groups is 1. The van der Waals surface area contributed by atoms with Crippen LogP contribution in [0.5, 0.6) is 0 Å². The number of aromatic nitrogens is 2. The fraction of sp³-hybridized carbons (Fsp3) is 0.261. The number of nitrogen functional groups attached to an aromatic ring is 1. The summed E-state index contributed by atoms with van der Waals surface area (Å²) in [4.78, 5) is 37.0. The van der Waals surface area contributed by atoms with Gasteiger partial charge in [-0.3, -0.25) is 9.59 Å². The number of nitriles is 1. The monoisotopic (exact) mass is 494 g/mol. The van der Waals surface area contributed by atoms with E-state index in [2.05, 4.69) is 15.3 Å². The molecule has 0 bridgehead atoms. The fourth-order valence-corrected chi connectivity index (χ4v) is 5.32. The Kier molecular flexibility index (Phi) is 7.42. The molecule has 0 radical (unpaired) electrons. The Labute approximate surface area is 205 Å². The van der Waals surface area contributed by atoms with Crippen LogP contribution in [0.3, 0.4) is 0 Å². The van der Waals surface area contributed by atoms with Crippen LogP contribution in [0.25, 0.3) is 10.4 Å². The molecule has 11 heteroatoms. The van der Waals surface area contributed by atoms with E-state index >= 15 is 0 Å². The Morgan fingerprint density at radius 1 is 1.29 bits per heavy atom. The zero-order chi connectivity index (χ0) is 24.1. The van der Waals surface area contributed by atoms with Gasteiger partial charge in [-0.25, -0.2) is 9.97 Å². The van der Waals surface area contributed by atoms with Crippen molar-refractivity contribution in [3.05, 3.63) is 53.2 Å². The molecular formula is C23H22N6O3S2. The molecule has 0 spiro atoms. The molecule has 174 valence electrons. The number of nitrogens with zero attached hydrogens (tertiary/aromatic N) is 4. The molecule has 4 rings (SSSR count). The van der Waals surface area contributed by atoms with Crippen LogP contribution in [-0.2, 0) is 9.53 Å². The van der Waals surface area contributed by atoms with E-state index < -0.39 is 0 Å². The number of nitrogens with one attached hydrogen (secondary N) is 1. The average molecular weight is 495 g/mol. The Hall–Kier alpha value is -3.46. The highest BCUT2D eigenvalue weighted by Gasteiger charge is 2.28. The summed E-state index contributed by atoms with van der Waals surface area (Å²) in [6.45, 7) is 3.91. The second-order valence-electron chi connectivity index (χ2n) is 7.43. The van der Waals surface area contributed by atoms with Crippen molar-refractivity contribution < 1.29 is 14.3 Å². The lowest BCUT2D eigenvalue weighted by Crippen LogP contribution is -2.41. The molecule has 1 aliphatic heterocycles. The number of amides is 2. The Morgan fingerprint density at radius 3 is 2.71 bits per heavy atom. The number of morpholine rings is 1. The molecule has 34 heavy (non-hydrogen) atoms. The zero-order valence-electron chi connectivity index (χ0n) is 18.4. The normalized spacial score (nSPS) is 13.4. The van der Waals surface area contributed by atoms with Crippen LogP contribution in [-0.4, -0.2) is 58.7 Å². The van der Waals surface area contributed by atoms with Crippen LogP contribution >= 0.6 is 23.1 Å². The lowest BCUT2D eigenvalue weighted by molar-refractivity contribution is -0.113. The van der Waals surface area contributed by atoms with E-state index in [1.165, 1.54) is 17.5 Å². The van der Waals surface area contributed by atoms with Crippen LogP contribution in [0.4, 0.5) is 10.8 Å². The number of anilines is 2. The summed E-state index contributed by atoms with van der Waals surface area (Å²) < 4.78 is 5.38. The van der Waals surface area contributed by atoms with Gasteiger partial charge < -0.3 is 20.7 Å². The molecule has 0 aliphatic carbocycles. The topological polar surface area (TPSA) is 134 Å². The molecule has 3 heterocycles. The number of nitrogens with two attached hydrogens (primary N) is 1. The molecule has 1 saturated heterocycles. The van der Waals surface area contributed by atoms with Gasteiger partial charge in [0.05, 0.1) is 30.7 Å². The summed E-state index contributed by atoms with van der Waals surface area (Å²) >= 11 is 2.48. The van der Waals surface area contributed by atoms with Crippen molar-refractivity contribution in [3.63, 3.8) is 0 Å². The first-order valence-corrected chi connectivity index (χ1v) is 12.3. The number of carbonyl (C=O) groups is 2. The fourth-order valence-electron chi connectivity index (χ4n) is 3.48. The summed E-state index contributed by atoms with van der Waals surface area (Å²) in [6.07, 6.45) is 1.33. The molecule has 1 aliphatic rings. The number of benzene rings is 1. The van der Waals surface area contributed by atoms with Crippen LogP contribution in [0.2, 0.25) is 0 Å². The second kappa shape index (κ2) is 10.6. The Bertz CT molecular complexity index is 1250. The molecule has 0 unspecified atom stereocenters. The molecule has 3 N–H and O–H groups in total. The summed E-state index contributed by atoms with van der Waals surface area (Å²) in [7, 11) is 0. The van der Waals surface area contributed by atoms with Crippen LogP contribution in [0.15, 0.2) is 41.7 Å². The lowest BCUT2D eigenvalue weighted by atomic mass is 10.1. The minimum atomic E-state index is -0.298. The molecule has 1 aromatic carbocycles. The first-order valence-electron chi connectivity index (χ1n) is 10.5. The van der Waals surface area contributed by atoms with Gasteiger partial charge in [-0.2, -0.15) is 5.26 Å². The van der Waals surface area contributed by atoms with Crippen LogP contribution < -0.4 is 11.1 Å². The number of ether oxygens (including phenoxy) is 1. The highest BCUT2D eigenvalue weighted by atomic mass is 32.2. The van der Waals surface area contributed by atoms with Gasteiger partial charge >= 0.3 is 0 Å². The van der Waals surface area contributed by atoms with E-state index in [9.17, 15) is 9.59 Å². The lowest BCUT2D eigenvalue weighted by Gasteiger charge is -2.27. The third-order valence-electron chi connectivity index (χ3n) is 5.20. The van der Waals surface area contributed by atoms with Crippen molar-refractivity contribution >= 4 is 45.7 Å². The SMILES string of the molecule is Cc1c(-c2ccccc2)sc(NC(=O)CSc2ncc(C#N)c(N)n2)c1C(=O)N1CCOCC1.